The highest BCUT2D eigenvalue weighted by Gasteiger charge is 2.76. The van der Waals surface area contributed by atoms with Gasteiger partial charge in [0.2, 0.25) is 17.7 Å². The van der Waals surface area contributed by atoms with Crippen LogP contribution < -0.4 is 0 Å². The Morgan fingerprint density at radius 3 is 2.43 bits per heavy atom. The van der Waals surface area contributed by atoms with E-state index >= 15 is 0 Å². The Balaban J connectivity index is 2.06. The Bertz CT molecular complexity index is 893. The molecule has 3 aliphatic rings. The molecule has 9 heteroatoms. The largest absolute Gasteiger partial charge is 0.396 e. The van der Waals surface area contributed by atoms with Crippen LogP contribution in [0.2, 0.25) is 0 Å². The van der Waals surface area contributed by atoms with E-state index in [0.717, 1.165) is 12.8 Å². The van der Waals surface area contributed by atoms with E-state index in [9.17, 15) is 19.5 Å². The minimum Gasteiger partial charge on any atom is -0.396 e. The molecule has 3 heterocycles. The number of likely N-dealkylation sites (tertiary alicyclic amines) is 1. The molecule has 0 aliphatic carbocycles. The maximum Gasteiger partial charge on any atom is 0.247 e. The van der Waals surface area contributed by atoms with Crippen LogP contribution in [-0.4, -0.2) is 96.7 Å². The Labute approximate surface area is 235 Å². The fourth-order valence-corrected chi connectivity index (χ4v) is 10.0. The fourth-order valence-electron chi connectivity index (χ4n) is 6.40. The van der Waals surface area contributed by atoms with Crippen molar-refractivity contribution in [3.8, 4) is 0 Å². The summed E-state index contributed by atoms with van der Waals surface area (Å²) in [7, 11) is 0. The number of nitrogens with zero attached hydrogens (tertiary/aromatic N) is 3. The number of halogens is 1. The van der Waals surface area contributed by atoms with E-state index in [1.54, 1.807) is 28.8 Å². The van der Waals surface area contributed by atoms with Gasteiger partial charge in [-0.25, -0.2) is 0 Å². The van der Waals surface area contributed by atoms with Crippen molar-refractivity contribution in [1.29, 1.82) is 0 Å². The van der Waals surface area contributed by atoms with E-state index in [1.807, 2.05) is 37.5 Å². The molecule has 3 rings (SSSR count). The van der Waals surface area contributed by atoms with E-state index < -0.39 is 28.2 Å². The van der Waals surface area contributed by atoms with Gasteiger partial charge in [-0.2, -0.15) is 0 Å². The standard InChI is InChI=1S/C28H44BrN3O4S/c1-7-13-30(14-8-2)24(34)20-21-25(35)31(16-11-10-12-17-33)23(28(21)18-19(29)22(20)37-28)26(36)32(15-9-3)27(4,5)6/h7,9,19-23,33H,1,3,8,10-18H2,2,4-6H3/t19?,20-,21-,22-,23?,28?/m0/s1. The van der Waals surface area contributed by atoms with Gasteiger partial charge >= 0.3 is 0 Å². The first-order valence-electron chi connectivity index (χ1n) is 13.5. The molecule has 3 unspecified atom stereocenters. The molecule has 0 radical (unpaired) electrons. The molecule has 37 heavy (non-hydrogen) atoms. The van der Waals surface area contributed by atoms with E-state index in [2.05, 4.69) is 29.1 Å². The Morgan fingerprint density at radius 2 is 1.86 bits per heavy atom. The van der Waals surface area contributed by atoms with Crippen LogP contribution in [0.15, 0.2) is 25.3 Å². The molecule has 1 N–H and O–H groups in total. The summed E-state index contributed by atoms with van der Waals surface area (Å²) in [5.74, 6) is -1.14. The average molecular weight is 599 g/mol. The summed E-state index contributed by atoms with van der Waals surface area (Å²) < 4.78 is -0.652. The van der Waals surface area contributed by atoms with Crippen molar-refractivity contribution >= 4 is 45.4 Å². The molecule has 0 aromatic rings. The number of thioether (sulfide) groups is 1. The number of alkyl halides is 1. The van der Waals surface area contributed by atoms with Gasteiger partial charge in [-0.15, -0.1) is 24.9 Å². The first-order valence-corrected chi connectivity index (χ1v) is 15.3. The summed E-state index contributed by atoms with van der Waals surface area (Å²) in [6, 6.07) is -0.634. The number of amides is 3. The summed E-state index contributed by atoms with van der Waals surface area (Å²) in [6.45, 7) is 17.8. The molecule has 0 saturated carbocycles. The number of unbranched alkanes of at least 4 members (excludes halogenated alkanes) is 2. The number of fused-ring (bicyclic) bond motifs is 1. The molecule has 7 nitrogen and oxygen atoms in total. The van der Waals surface area contributed by atoms with E-state index in [1.165, 1.54) is 0 Å². The summed E-state index contributed by atoms with van der Waals surface area (Å²) in [6.07, 6.45) is 7.11. The van der Waals surface area contributed by atoms with Crippen LogP contribution in [-0.2, 0) is 14.4 Å². The van der Waals surface area contributed by atoms with Crippen LogP contribution in [0.4, 0.5) is 0 Å². The van der Waals surface area contributed by atoms with E-state index in [4.69, 9.17) is 0 Å². The van der Waals surface area contributed by atoms with Crippen LogP contribution in [0, 0.1) is 11.8 Å². The molecule has 3 fully saturated rings. The molecule has 6 atom stereocenters. The zero-order valence-electron chi connectivity index (χ0n) is 22.8. The van der Waals surface area contributed by atoms with Crippen LogP contribution >= 0.6 is 27.7 Å². The summed E-state index contributed by atoms with van der Waals surface area (Å²) in [4.78, 5) is 48.0. The molecular weight excluding hydrogens is 554 g/mol. The van der Waals surface area contributed by atoms with Gasteiger partial charge in [-0.3, -0.25) is 14.4 Å². The first kappa shape index (κ1) is 30.2. The molecular formula is C28H44BrN3O4S. The normalized spacial score (nSPS) is 30.4. The number of aliphatic hydroxyl groups is 1. The number of carbonyl (C=O) groups excluding carboxylic acids is 3. The second kappa shape index (κ2) is 12.2. The van der Waals surface area contributed by atoms with Gasteiger partial charge in [0.25, 0.3) is 0 Å². The lowest BCUT2D eigenvalue weighted by atomic mass is 9.70. The molecule has 0 aromatic carbocycles. The topological polar surface area (TPSA) is 81.2 Å². The SMILES string of the molecule is C=CCN(CCC)C(=O)[C@H]1[C@H]2C(=O)N(CCCCCO)C(C(=O)N(CC=C)C(C)(C)C)C23CC(Br)[C@@H]1S3. The van der Waals surface area contributed by atoms with Crippen molar-refractivity contribution < 1.29 is 19.5 Å². The van der Waals surface area contributed by atoms with Gasteiger partial charge in [0.1, 0.15) is 6.04 Å². The maximum absolute atomic E-state index is 14.4. The quantitative estimate of drug-likeness (QED) is 0.198. The zero-order chi connectivity index (χ0) is 27.5. The number of hydrogen-bond donors (Lipinski definition) is 1. The van der Waals surface area contributed by atoms with Crippen LogP contribution in [0.3, 0.4) is 0 Å². The summed E-state index contributed by atoms with van der Waals surface area (Å²) in [5.41, 5.74) is -0.447. The number of hydrogen-bond acceptors (Lipinski definition) is 5. The lowest BCUT2D eigenvalue weighted by Gasteiger charge is -2.42. The van der Waals surface area contributed by atoms with E-state index in [0.29, 0.717) is 45.4 Å². The van der Waals surface area contributed by atoms with Gasteiger partial charge in [0, 0.05) is 48.4 Å². The van der Waals surface area contributed by atoms with Crippen molar-refractivity contribution in [1.82, 2.24) is 14.7 Å². The highest BCUT2D eigenvalue weighted by molar-refractivity contribution is 9.09. The Hall–Kier alpha value is -1.32. The minimum absolute atomic E-state index is 0.00396. The molecule has 0 aromatic heterocycles. The average Bonchev–Trinajstić information content (AvgIpc) is 3.42. The van der Waals surface area contributed by atoms with Crippen LogP contribution in [0.1, 0.15) is 59.8 Å². The van der Waals surface area contributed by atoms with Gasteiger partial charge in [0.05, 0.1) is 16.6 Å². The zero-order valence-corrected chi connectivity index (χ0v) is 25.2. The molecule has 3 saturated heterocycles. The van der Waals surface area contributed by atoms with Gasteiger partial charge in [-0.05, 0) is 52.9 Å². The van der Waals surface area contributed by atoms with Crippen molar-refractivity contribution in [3.63, 3.8) is 0 Å². The molecule has 208 valence electrons. The monoisotopic (exact) mass is 597 g/mol. The maximum atomic E-state index is 14.4. The lowest BCUT2D eigenvalue weighted by molar-refractivity contribution is -0.146. The Kier molecular flexibility index (Phi) is 10.0. The van der Waals surface area contributed by atoms with Crippen LogP contribution in [0.25, 0.3) is 0 Å². The first-order chi connectivity index (χ1) is 17.5. The fraction of sp³-hybridized carbons (Fsp3) is 0.750. The molecule has 2 bridgehead atoms. The molecule has 1 spiro atoms. The molecule has 3 aliphatic heterocycles. The third-order valence-corrected chi connectivity index (χ3v) is 11.1. The van der Waals surface area contributed by atoms with Crippen LogP contribution in [0.5, 0.6) is 0 Å². The number of aliphatic hydroxyl groups excluding tert-OH is 1. The second-order valence-corrected chi connectivity index (χ2v) is 14.2. The van der Waals surface area contributed by atoms with Crippen molar-refractivity contribution in [2.45, 2.75) is 86.2 Å². The summed E-state index contributed by atoms with van der Waals surface area (Å²) >= 11 is 5.53. The second-order valence-electron chi connectivity index (χ2n) is 11.5. The smallest absolute Gasteiger partial charge is 0.247 e. The van der Waals surface area contributed by atoms with Gasteiger partial charge in [-0.1, -0.05) is 35.0 Å². The predicted molar refractivity (Wildman–Crippen MR) is 154 cm³/mol. The highest BCUT2D eigenvalue weighted by Crippen LogP contribution is 2.68. The van der Waals surface area contributed by atoms with Crippen molar-refractivity contribution in [2.24, 2.45) is 11.8 Å². The third kappa shape index (κ3) is 5.55. The third-order valence-electron chi connectivity index (χ3n) is 7.91. The van der Waals surface area contributed by atoms with Gasteiger partial charge in [0.15, 0.2) is 0 Å². The number of carbonyl (C=O) groups is 3. The summed E-state index contributed by atoms with van der Waals surface area (Å²) in [5, 5.41) is 9.19. The predicted octanol–water partition coefficient (Wildman–Crippen LogP) is 3.85. The molecule has 3 amide bonds. The van der Waals surface area contributed by atoms with E-state index in [-0.39, 0.29) is 34.4 Å². The van der Waals surface area contributed by atoms with Gasteiger partial charge < -0.3 is 19.8 Å². The Morgan fingerprint density at radius 1 is 1.19 bits per heavy atom. The van der Waals surface area contributed by atoms with Crippen molar-refractivity contribution in [3.05, 3.63) is 25.3 Å². The highest BCUT2D eigenvalue weighted by atomic mass is 79.9. The number of rotatable bonds is 13. The minimum atomic E-state index is -0.652. The lowest BCUT2D eigenvalue weighted by Crippen LogP contribution is -2.59. The van der Waals surface area contributed by atoms with Crippen molar-refractivity contribution in [2.75, 3.05) is 32.8 Å².